The van der Waals surface area contributed by atoms with Gasteiger partial charge in [-0.1, -0.05) is 61.0 Å². The fraction of sp³-hybridized carbons (Fsp3) is 0.200. The number of carboxylic acid groups (broad SMARTS) is 1. The SMILES string of the molecule is CCOC(COc1ccc(CC)cc1C(=O)O)c1cccc(/C=C/c2ccc3ccc(Cl)cc3n2)c1. The normalized spacial score (nSPS) is 12.2. The van der Waals surface area contributed by atoms with Gasteiger partial charge in [0.15, 0.2) is 0 Å². The van der Waals surface area contributed by atoms with E-state index in [0.29, 0.717) is 17.4 Å². The van der Waals surface area contributed by atoms with Crippen LogP contribution in [0.15, 0.2) is 72.8 Å². The van der Waals surface area contributed by atoms with Gasteiger partial charge in [-0.15, -0.1) is 0 Å². The molecule has 1 unspecified atom stereocenters. The van der Waals surface area contributed by atoms with Gasteiger partial charge in [0.1, 0.15) is 24.0 Å². The van der Waals surface area contributed by atoms with Crippen LogP contribution in [-0.2, 0) is 11.2 Å². The minimum atomic E-state index is -1.01. The monoisotopic (exact) mass is 501 g/mol. The summed E-state index contributed by atoms with van der Waals surface area (Å²) in [6, 6.07) is 22.9. The quantitative estimate of drug-likeness (QED) is 0.244. The Morgan fingerprint density at radius 1 is 1.03 bits per heavy atom. The number of halogens is 1. The van der Waals surface area contributed by atoms with Crippen LogP contribution in [0.4, 0.5) is 0 Å². The third-order valence-electron chi connectivity index (χ3n) is 5.85. The standard InChI is InChI=1S/C30H28ClNO4/c1-3-20-9-15-28(26(17-20)30(33)34)36-19-29(35-4-2)23-7-5-6-21(16-23)8-13-25-14-11-22-10-12-24(31)18-27(22)32-25/h5-18,29H,3-4,19H2,1-2H3,(H,33,34)/b13-8+. The Labute approximate surface area is 216 Å². The van der Waals surface area contributed by atoms with E-state index in [-0.39, 0.29) is 18.3 Å². The zero-order valence-electron chi connectivity index (χ0n) is 20.3. The van der Waals surface area contributed by atoms with Crippen molar-refractivity contribution in [2.45, 2.75) is 26.4 Å². The molecule has 1 aromatic heterocycles. The minimum Gasteiger partial charge on any atom is -0.490 e. The number of hydrogen-bond donors (Lipinski definition) is 1. The average Bonchev–Trinajstić information content (AvgIpc) is 2.89. The van der Waals surface area contributed by atoms with Gasteiger partial charge in [-0.25, -0.2) is 9.78 Å². The first-order valence-electron chi connectivity index (χ1n) is 11.9. The third kappa shape index (κ3) is 6.30. The van der Waals surface area contributed by atoms with E-state index in [1.54, 1.807) is 12.1 Å². The number of carboxylic acids is 1. The molecule has 1 heterocycles. The Kier molecular flexibility index (Phi) is 8.36. The van der Waals surface area contributed by atoms with Crippen LogP contribution in [0.3, 0.4) is 0 Å². The molecule has 1 N–H and O–H groups in total. The molecule has 4 rings (SSSR count). The van der Waals surface area contributed by atoms with Gasteiger partial charge >= 0.3 is 5.97 Å². The number of hydrogen-bond acceptors (Lipinski definition) is 4. The highest BCUT2D eigenvalue weighted by Crippen LogP contribution is 2.25. The predicted molar refractivity (Wildman–Crippen MR) is 145 cm³/mol. The molecule has 5 nitrogen and oxygen atoms in total. The Bertz CT molecular complexity index is 1400. The van der Waals surface area contributed by atoms with Crippen LogP contribution in [0.1, 0.15) is 52.7 Å². The van der Waals surface area contributed by atoms with Crippen LogP contribution in [0.25, 0.3) is 23.1 Å². The molecule has 0 aliphatic carbocycles. The van der Waals surface area contributed by atoms with E-state index < -0.39 is 5.97 Å². The van der Waals surface area contributed by atoms with Crippen molar-refractivity contribution >= 4 is 40.6 Å². The van der Waals surface area contributed by atoms with Crippen molar-refractivity contribution in [1.82, 2.24) is 4.98 Å². The van der Waals surface area contributed by atoms with Crippen molar-refractivity contribution in [1.29, 1.82) is 0 Å². The lowest BCUT2D eigenvalue weighted by molar-refractivity contribution is 0.0260. The smallest absolute Gasteiger partial charge is 0.339 e. The number of aryl methyl sites for hydroxylation is 1. The maximum atomic E-state index is 11.7. The number of aromatic nitrogens is 1. The Morgan fingerprint density at radius 3 is 2.64 bits per heavy atom. The summed E-state index contributed by atoms with van der Waals surface area (Å²) in [7, 11) is 0. The highest BCUT2D eigenvalue weighted by atomic mass is 35.5. The van der Waals surface area contributed by atoms with Gasteiger partial charge in [-0.2, -0.15) is 0 Å². The van der Waals surface area contributed by atoms with Gasteiger partial charge in [-0.05, 0) is 72.5 Å². The summed E-state index contributed by atoms with van der Waals surface area (Å²) >= 11 is 6.11. The van der Waals surface area contributed by atoms with Crippen LogP contribution >= 0.6 is 11.6 Å². The van der Waals surface area contributed by atoms with Gasteiger partial charge in [0.2, 0.25) is 0 Å². The Morgan fingerprint density at radius 2 is 1.86 bits per heavy atom. The molecule has 0 bridgehead atoms. The molecular formula is C30H28ClNO4. The van der Waals surface area contributed by atoms with E-state index in [9.17, 15) is 9.90 Å². The number of aromatic carboxylic acids is 1. The van der Waals surface area contributed by atoms with Crippen LogP contribution in [0.5, 0.6) is 5.75 Å². The van der Waals surface area contributed by atoms with E-state index in [2.05, 4.69) is 4.98 Å². The van der Waals surface area contributed by atoms with Crippen LogP contribution in [-0.4, -0.2) is 29.3 Å². The van der Waals surface area contributed by atoms with E-state index in [4.69, 9.17) is 21.1 Å². The first-order chi connectivity index (χ1) is 17.5. The molecule has 36 heavy (non-hydrogen) atoms. The number of pyridine rings is 1. The van der Waals surface area contributed by atoms with Crippen molar-refractivity contribution in [3.05, 3.63) is 106 Å². The first kappa shape index (κ1) is 25.4. The second-order valence-corrected chi connectivity index (χ2v) is 8.76. The van der Waals surface area contributed by atoms with Crippen molar-refractivity contribution in [2.24, 2.45) is 0 Å². The van der Waals surface area contributed by atoms with Crippen LogP contribution in [0, 0.1) is 0 Å². The Hall–Kier alpha value is -3.67. The summed E-state index contributed by atoms with van der Waals surface area (Å²) in [6.45, 7) is 4.60. The fourth-order valence-corrected chi connectivity index (χ4v) is 4.11. The second kappa shape index (κ2) is 11.8. The maximum absolute atomic E-state index is 11.7. The summed E-state index contributed by atoms with van der Waals surface area (Å²) in [6.07, 6.45) is 4.36. The molecule has 1 atom stereocenters. The van der Waals surface area contributed by atoms with Crippen molar-refractivity contribution in [2.75, 3.05) is 13.2 Å². The van der Waals surface area contributed by atoms with Gasteiger partial charge in [0, 0.05) is 17.0 Å². The molecule has 0 saturated carbocycles. The zero-order valence-corrected chi connectivity index (χ0v) is 21.0. The fourth-order valence-electron chi connectivity index (χ4n) is 3.94. The van der Waals surface area contributed by atoms with E-state index >= 15 is 0 Å². The van der Waals surface area contributed by atoms with Crippen molar-refractivity contribution in [3.8, 4) is 5.75 Å². The van der Waals surface area contributed by atoms with Gasteiger partial charge in [0.05, 0.1) is 11.2 Å². The number of fused-ring (bicyclic) bond motifs is 1. The molecule has 3 aromatic carbocycles. The Balaban J connectivity index is 1.52. The number of rotatable bonds is 10. The lowest BCUT2D eigenvalue weighted by Crippen LogP contribution is -2.15. The van der Waals surface area contributed by atoms with Gasteiger partial charge < -0.3 is 14.6 Å². The molecule has 0 saturated heterocycles. The number of nitrogens with zero attached hydrogens (tertiary/aromatic N) is 1. The zero-order chi connectivity index (χ0) is 25.5. The molecule has 0 aliphatic heterocycles. The molecule has 0 amide bonds. The molecule has 4 aromatic rings. The summed E-state index contributed by atoms with van der Waals surface area (Å²) in [5.74, 6) is -0.673. The minimum absolute atomic E-state index is 0.158. The van der Waals surface area contributed by atoms with Crippen molar-refractivity contribution < 1.29 is 19.4 Å². The number of ether oxygens (including phenoxy) is 2. The molecule has 6 heteroatoms. The molecule has 0 radical (unpaired) electrons. The average molecular weight is 502 g/mol. The van der Waals surface area contributed by atoms with Crippen molar-refractivity contribution in [3.63, 3.8) is 0 Å². The second-order valence-electron chi connectivity index (χ2n) is 8.32. The topological polar surface area (TPSA) is 68.7 Å². The van der Waals surface area contributed by atoms with Gasteiger partial charge in [-0.3, -0.25) is 0 Å². The van der Waals surface area contributed by atoms with E-state index in [1.165, 1.54) is 0 Å². The number of benzene rings is 3. The number of carbonyl (C=O) groups is 1. The van der Waals surface area contributed by atoms with Crippen LogP contribution < -0.4 is 4.74 Å². The summed E-state index contributed by atoms with van der Waals surface area (Å²) < 4.78 is 11.9. The molecular weight excluding hydrogens is 474 g/mol. The molecule has 0 spiro atoms. The lowest BCUT2D eigenvalue weighted by atomic mass is 10.1. The van der Waals surface area contributed by atoms with Crippen LogP contribution in [0.2, 0.25) is 5.02 Å². The molecule has 184 valence electrons. The highest BCUT2D eigenvalue weighted by molar-refractivity contribution is 6.31. The maximum Gasteiger partial charge on any atom is 0.339 e. The van der Waals surface area contributed by atoms with E-state index in [1.807, 2.05) is 86.7 Å². The summed E-state index contributed by atoms with van der Waals surface area (Å²) in [5, 5.41) is 11.3. The van der Waals surface area contributed by atoms with E-state index in [0.717, 1.165) is 39.7 Å². The van der Waals surface area contributed by atoms with Gasteiger partial charge in [0.25, 0.3) is 0 Å². The third-order valence-corrected chi connectivity index (χ3v) is 6.08. The molecule has 0 fully saturated rings. The lowest BCUT2D eigenvalue weighted by Gasteiger charge is -2.19. The highest BCUT2D eigenvalue weighted by Gasteiger charge is 2.17. The predicted octanol–water partition coefficient (Wildman–Crippen LogP) is 7.48. The molecule has 0 aliphatic rings. The summed E-state index contributed by atoms with van der Waals surface area (Å²) in [4.78, 5) is 16.4. The summed E-state index contributed by atoms with van der Waals surface area (Å²) in [5.41, 5.74) is 4.72. The largest absolute Gasteiger partial charge is 0.490 e. The first-order valence-corrected chi connectivity index (χ1v) is 12.3.